The molecule has 1 amide bonds. The average Bonchev–Trinajstić information content (AvgIpc) is 3.52. The van der Waals surface area contributed by atoms with Crippen molar-refractivity contribution in [1.29, 1.82) is 0 Å². The number of ether oxygens (including phenoxy) is 1. The van der Waals surface area contributed by atoms with E-state index in [1.54, 1.807) is 0 Å². The molecule has 0 bridgehead atoms. The first-order valence-corrected chi connectivity index (χ1v) is 36.0. The van der Waals surface area contributed by atoms with E-state index in [4.69, 9.17) is 13.8 Å². The normalized spacial score (nSPS) is 14.4. The highest BCUT2D eigenvalue weighted by Gasteiger charge is 2.27. The molecule has 10 heteroatoms. The fourth-order valence-electron chi connectivity index (χ4n) is 9.27. The summed E-state index contributed by atoms with van der Waals surface area (Å²) in [4.78, 5) is 40.2. The van der Waals surface area contributed by atoms with Gasteiger partial charge in [-0.15, -0.1) is 0 Å². The Kier molecular flexibility index (Phi) is 60.3. The Morgan fingerprint density at radius 1 is 0.424 bits per heavy atom. The Morgan fingerprint density at radius 2 is 0.753 bits per heavy atom. The van der Waals surface area contributed by atoms with Gasteiger partial charge in [0.1, 0.15) is 19.3 Å². The molecule has 0 saturated heterocycles. The van der Waals surface area contributed by atoms with E-state index in [2.05, 4.69) is 148 Å². The molecule has 0 radical (unpaired) electrons. The number of rotatable bonds is 61. The van der Waals surface area contributed by atoms with Crippen LogP contribution in [0.25, 0.3) is 0 Å². The van der Waals surface area contributed by atoms with Crippen molar-refractivity contribution in [3.05, 3.63) is 134 Å². The minimum Gasteiger partial charge on any atom is -0.756 e. The lowest BCUT2D eigenvalue weighted by molar-refractivity contribution is -0.870. The molecule has 486 valence electrons. The Labute approximate surface area is 524 Å². The van der Waals surface area contributed by atoms with E-state index in [-0.39, 0.29) is 24.9 Å². The van der Waals surface area contributed by atoms with Gasteiger partial charge in [0.2, 0.25) is 5.91 Å². The quantitative estimate of drug-likeness (QED) is 0.0212. The maximum Gasteiger partial charge on any atom is 0.306 e. The van der Waals surface area contributed by atoms with Crippen molar-refractivity contribution in [1.82, 2.24) is 5.32 Å². The lowest BCUT2D eigenvalue weighted by Crippen LogP contribution is -2.47. The number of esters is 1. The first-order chi connectivity index (χ1) is 41.4. The summed E-state index contributed by atoms with van der Waals surface area (Å²) in [6.45, 7) is 6.67. The molecule has 0 heterocycles. The number of nitrogens with zero attached hydrogens (tertiary/aromatic N) is 1. The maximum absolute atomic E-state index is 13.6. The van der Waals surface area contributed by atoms with E-state index >= 15 is 0 Å². The van der Waals surface area contributed by atoms with Crippen LogP contribution in [0.3, 0.4) is 0 Å². The summed E-state index contributed by atoms with van der Waals surface area (Å²) < 4.78 is 30.4. The Morgan fingerprint density at radius 3 is 1.15 bits per heavy atom. The van der Waals surface area contributed by atoms with Gasteiger partial charge in [-0.2, -0.15) is 0 Å². The summed E-state index contributed by atoms with van der Waals surface area (Å²) in [5, 5.41) is 3.03. The molecule has 0 aromatic heterocycles. The van der Waals surface area contributed by atoms with E-state index in [0.717, 1.165) is 135 Å². The molecule has 3 atom stereocenters. The van der Waals surface area contributed by atoms with Gasteiger partial charge in [-0.05, 0) is 128 Å². The number of unbranched alkanes of at least 4 members (excludes halogenated alkanes) is 25. The lowest BCUT2D eigenvalue weighted by atomic mass is 10.0. The highest BCUT2D eigenvalue weighted by atomic mass is 31.2. The molecule has 0 aliphatic heterocycles. The predicted molar refractivity (Wildman–Crippen MR) is 366 cm³/mol. The predicted octanol–water partition coefficient (Wildman–Crippen LogP) is 21.4. The molecule has 3 unspecified atom stereocenters. The second-order valence-corrected chi connectivity index (χ2v) is 25.4. The van der Waals surface area contributed by atoms with Gasteiger partial charge in [0.05, 0.1) is 33.8 Å². The number of carbonyl (C=O) groups is 2. The zero-order valence-electron chi connectivity index (χ0n) is 55.5. The van der Waals surface area contributed by atoms with Gasteiger partial charge in [0.25, 0.3) is 7.82 Å². The molecule has 0 aromatic rings. The Hall–Kier alpha value is -3.85. The smallest absolute Gasteiger partial charge is 0.306 e. The van der Waals surface area contributed by atoms with Crippen molar-refractivity contribution in [2.24, 2.45) is 0 Å². The van der Waals surface area contributed by atoms with Crippen molar-refractivity contribution in [3.8, 4) is 0 Å². The van der Waals surface area contributed by atoms with Crippen LogP contribution in [-0.4, -0.2) is 69.4 Å². The first kappa shape index (κ1) is 81.2. The topological polar surface area (TPSA) is 114 Å². The number of phosphoric ester groups is 1. The number of carbonyl (C=O) groups excluding carboxylic acids is 2. The maximum atomic E-state index is 13.6. The number of nitrogens with one attached hydrogen (secondary N) is 1. The number of hydrogen-bond acceptors (Lipinski definition) is 7. The third-order valence-electron chi connectivity index (χ3n) is 14.6. The molecule has 0 aliphatic rings. The van der Waals surface area contributed by atoms with Crippen LogP contribution in [0.1, 0.15) is 278 Å². The number of amides is 1. The second-order valence-electron chi connectivity index (χ2n) is 23.9. The van der Waals surface area contributed by atoms with E-state index in [1.807, 2.05) is 33.3 Å². The van der Waals surface area contributed by atoms with E-state index < -0.39 is 26.6 Å². The van der Waals surface area contributed by atoms with Gasteiger partial charge < -0.3 is 28.5 Å². The molecule has 0 rings (SSSR count). The molecule has 0 saturated carbocycles. The van der Waals surface area contributed by atoms with Crippen molar-refractivity contribution in [2.45, 2.75) is 290 Å². The van der Waals surface area contributed by atoms with Crippen LogP contribution in [0.5, 0.6) is 0 Å². The van der Waals surface area contributed by atoms with Gasteiger partial charge in [0.15, 0.2) is 0 Å². The summed E-state index contributed by atoms with van der Waals surface area (Å²) >= 11 is 0. The number of allylic oxidation sites excluding steroid dienone is 21. The van der Waals surface area contributed by atoms with Crippen LogP contribution in [0.4, 0.5) is 0 Å². The number of likely N-dealkylation sites (N-methyl/N-ethyl adjacent to an activating group) is 1. The number of phosphoric acid groups is 1. The fourth-order valence-corrected chi connectivity index (χ4v) is 10.00. The van der Waals surface area contributed by atoms with Crippen LogP contribution >= 0.6 is 7.82 Å². The summed E-state index contributed by atoms with van der Waals surface area (Å²) in [6.07, 6.45) is 89.9. The molecule has 0 fully saturated rings. The summed E-state index contributed by atoms with van der Waals surface area (Å²) in [6, 6.07) is -0.916. The van der Waals surface area contributed by atoms with E-state index in [1.165, 1.54) is 103 Å². The zero-order valence-corrected chi connectivity index (χ0v) is 56.4. The average molecular weight is 1200 g/mol. The third kappa shape index (κ3) is 64.5. The highest BCUT2D eigenvalue weighted by Crippen LogP contribution is 2.38. The SMILES string of the molecule is CC/C=C\C/C=C\C/C=C\C/C=C\C/C=C\C/C=C\CCCCCCC(=O)OC(/C=C/CCCCCCCCCCCCC)C(COP(=O)([O-])OCC[N+](C)(C)C)NC(=O)CCCCCCCCC/C=C\C/C=C\C/C=C\C/C=C\CCCCC. The highest BCUT2D eigenvalue weighted by molar-refractivity contribution is 7.45. The first-order valence-electron chi connectivity index (χ1n) is 34.5. The van der Waals surface area contributed by atoms with Gasteiger partial charge in [-0.1, -0.05) is 270 Å². The molecule has 0 aliphatic carbocycles. The molecule has 0 aromatic carbocycles. The second kappa shape index (κ2) is 63.2. The van der Waals surface area contributed by atoms with Crippen LogP contribution in [0.2, 0.25) is 0 Å². The standard InChI is InChI=1S/C75H129N2O7P/c1-7-10-13-16-19-22-25-28-30-32-34-36-38-40-42-44-46-49-52-55-58-61-64-67-74(78)76-72(71-83-85(80,81)82-70-69-77(4,5)6)73(66-63-60-57-54-51-48-27-24-21-18-15-12-9-3)84-75(79)68-65-62-59-56-53-50-47-45-43-41-39-37-35-33-31-29-26-23-20-17-14-11-8-2/h11,14,19-20,22-23,28-31,34-37,40-43,47,50,63,66,72-73H,7-10,12-13,15-18,21,24-27,32-33,38-39,44-46,48-49,51-62,64-65,67-71H2,1-6H3,(H-,76,78,80,81)/b14-11-,22-19-,23-20-,30-28-,31-29-,36-34-,37-35-,42-40-,43-41-,50-47-,66-63+. The minimum atomic E-state index is -4.72. The molecule has 0 spiro atoms. The summed E-state index contributed by atoms with van der Waals surface area (Å²) in [5.74, 6) is -0.588. The van der Waals surface area contributed by atoms with Gasteiger partial charge in [-0.3, -0.25) is 14.2 Å². The molecular weight excluding hydrogens is 1070 g/mol. The molecule has 1 N–H and O–H groups in total. The van der Waals surface area contributed by atoms with Crippen LogP contribution in [-0.2, 0) is 27.9 Å². The largest absolute Gasteiger partial charge is 0.756 e. The van der Waals surface area contributed by atoms with Crippen LogP contribution < -0.4 is 10.2 Å². The van der Waals surface area contributed by atoms with Gasteiger partial charge >= 0.3 is 5.97 Å². The van der Waals surface area contributed by atoms with Crippen LogP contribution in [0, 0.1) is 0 Å². The molecule has 9 nitrogen and oxygen atoms in total. The monoisotopic (exact) mass is 1200 g/mol. The number of quaternary nitrogens is 1. The van der Waals surface area contributed by atoms with Crippen LogP contribution in [0.15, 0.2) is 134 Å². The van der Waals surface area contributed by atoms with Crippen molar-refractivity contribution in [3.63, 3.8) is 0 Å². The minimum absolute atomic E-state index is 0.0364. The number of hydrogen-bond donors (Lipinski definition) is 1. The van der Waals surface area contributed by atoms with Gasteiger partial charge in [-0.25, -0.2) is 0 Å². The fraction of sp³-hybridized carbons (Fsp3) is 0.680. The Bertz CT molecular complexity index is 1920. The van der Waals surface area contributed by atoms with E-state index in [9.17, 15) is 19.0 Å². The summed E-state index contributed by atoms with van der Waals surface area (Å²) in [5.41, 5.74) is 0. The lowest BCUT2D eigenvalue weighted by Gasteiger charge is -2.30. The zero-order chi connectivity index (χ0) is 62.1. The molecular formula is C75H129N2O7P. The Balaban J connectivity index is 5.27. The van der Waals surface area contributed by atoms with Crippen molar-refractivity contribution < 1.29 is 37.3 Å². The third-order valence-corrected chi connectivity index (χ3v) is 15.5. The van der Waals surface area contributed by atoms with Crippen molar-refractivity contribution >= 4 is 19.7 Å². The molecule has 85 heavy (non-hydrogen) atoms. The van der Waals surface area contributed by atoms with Crippen molar-refractivity contribution in [2.75, 3.05) is 40.9 Å². The van der Waals surface area contributed by atoms with E-state index in [0.29, 0.717) is 23.9 Å². The van der Waals surface area contributed by atoms with Gasteiger partial charge in [0, 0.05) is 12.8 Å². The summed E-state index contributed by atoms with van der Waals surface area (Å²) in [7, 11) is 1.14.